The van der Waals surface area contributed by atoms with E-state index >= 15 is 0 Å². The zero-order valence-electron chi connectivity index (χ0n) is 14.7. The third kappa shape index (κ3) is 2.40. The Morgan fingerprint density at radius 1 is 0.679 bits per heavy atom. The van der Waals surface area contributed by atoms with Crippen molar-refractivity contribution >= 4 is 35.6 Å². The van der Waals surface area contributed by atoms with Gasteiger partial charge in [0.15, 0.2) is 0 Å². The van der Waals surface area contributed by atoms with Gasteiger partial charge in [-0.2, -0.15) is 0 Å². The van der Waals surface area contributed by atoms with Crippen LogP contribution in [0.25, 0.3) is 0 Å². The van der Waals surface area contributed by atoms with E-state index in [0.29, 0.717) is 0 Å². The number of hydrogen-bond acceptors (Lipinski definition) is 6. The monoisotopic (exact) mass is 390 g/mol. The molecule has 10 heteroatoms. The van der Waals surface area contributed by atoms with Crippen molar-refractivity contribution in [2.75, 3.05) is 13.1 Å². The lowest BCUT2D eigenvalue weighted by Crippen LogP contribution is -2.50. The predicted octanol–water partition coefficient (Wildman–Crippen LogP) is -1.05. The number of allylic oxidation sites excluding steroid dienone is 2. The molecule has 4 amide bonds. The van der Waals surface area contributed by atoms with Crippen molar-refractivity contribution in [3.8, 4) is 0 Å². The molecule has 2 unspecified atom stereocenters. The third-order valence-corrected chi connectivity index (χ3v) is 6.29. The molecule has 2 aliphatic heterocycles. The smallest absolute Gasteiger partial charge is 0.305 e. The molecule has 0 radical (unpaired) electrons. The average molecular weight is 390 g/mol. The fraction of sp³-hybridized carbons (Fsp3) is 0.556. The normalized spacial score (nSPS) is 35.6. The first-order valence-electron chi connectivity index (χ1n) is 9.06. The van der Waals surface area contributed by atoms with Crippen LogP contribution in [0.3, 0.4) is 0 Å². The maximum atomic E-state index is 12.8. The van der Waals surface area contributed by atoms with Gasteiger partial charge in [0, 0.05) is 24.9 Å². The molecular formula is C18H18N2O8. The van der Waals surface area contributed by atoms with E-state index in [2.05, 4.69) is 0 Å². The standard InChI is InChI=1S/C18H18N2O8/c21-9(22)3-5-19-15(25)11-7-1-2-8(13(11)17(19)27)14-12(7)16(26)20(18(14)28)6-4-10(23)24/h1-2,7-8,11-14H,3-6H2,(H,21,22)(H,23,24)/t7?,8?,11-,12-,13-,14+/m0/s1. The van der Waals surface area contributed by atoms with Gasteiger partial charge in [-0.05, 0) is 0 Å². The van der Waals surface area contributed by atoms with E-state index in [1.165, 1.54) is 0 Å². The molecule has 3 fully saturated rings. The molecule has 2 N–H and O–H groups in total. The Hall–Kier alpha value is -3.04. The number of carbonyl (C=O) groups is 6. The Morgan fingerprint density at radius 3 is 1.21 bits per heavy atom. The molecule has 148 valence electrons. The van der Waals surface area contributed by atoms with Crippen LogP contribution in [0.2, 0.25) is 0 Å². The van der Waals surface area contributed by atoms with Crippen LogP contribution in [0.15, 0.2) is 12.2 Å². The minimum Gasteiger partial charge on any atom is -0.481 e. The lowest BCUT2D eigenvalue weighted by atomic mass is 9.54. The summed E-state index contributed by atoms with van der Waals surface area (Å²) in [5, 5.41) is 17.7. The molecule has 2 bridgehead atoms. The fourth-order valence-corrected chi connectivity index (χ4v) is 5.21. The quantitative estimate of drug-likeness (QED) is 0.431. The van der Waals surface area contributed by atoms with Gasteiger partial charge in [0.2, 0.25) is 23.6 Å². The van der Waals surface area contributed by atoms with Gasteiger partial charge in [-0.15, -0.1) is 0 Å². The number of aliphatic carboxylic acids is 2. The van der Waals surface area contributed by atoms with Crippen LogP contribution < -0.4 is 0 Å². The summed E-state index contributed by atoms with van der Waals surface area (Å²) < 4.78 is 0. The van der Waals surface area contributed by atoms with Crippen molar-refractivity contribution in [1.82, 2.24) is 9.80 Å². The van der Waals surface area contributed by atoms with Crippen molar-refractivity contribution in [3.05, 3.63) is 12.2 Å². The highest BCUT2D eigenvalue weighted by Crippen LogP contribution is 2.57. The topological polar surface area (TPSA) is 149 Å². The number of amides is 4. The highest BCUT2D eigenvalue weighted by atomic mass is 16.4. The van der Waals surface area contributed by atoms with Gasteiger partial charge >= 0.3 is 11.9 Å². The van der Waals surface area contributed by atoms with Crippen LogP contribution in [0, 0.1) is 35.5 Å². The Balaban J connectivity index is 1.63. The van der Waals surface area contributed by atoms with E-state index in [1.54, 1.807) is 12.2 Å². The van der Waals surface area contributed by atoms with Gasteiger partial charge in [-0.3, -0.25) is 38.6 Å². The molecule has 3 aliphatic carbocycles. The van der Waals surface area contributed by atoms with E-state index < -0.39 is 71.1 Å². The Kier molecular flexibility index (Phi) is 4.09. The summed E-state index contributed by atoms with van der Waals surface area (Å²) in [6.07, 6.45) is 2.66. The second-order valence-electron chi connectivity index (χ2n) is 7.59. The van der Waals surface area contributed by atoms with E-state index in [9.17, 15) is 28.8 Å². The van der Waals surface area contributed by atoms with Crippen LogP contribution in [0.5, 0.6) is 0 Å². The Labute approximate surface area is 158 Å². The molecule has 5 aliphatic rings. The zero-order chi connectivity index (χ0) is 20.3. The number of likely N-dealkylation sites (tertiary alicyclic amines) is 2. The Bertz CT molecular complexity index is 737. The second-order valence-corrected chi connectivity index (χ2v) is 7.59. The zero-order valence-corrected chi connectivity index (χ0v) is 14.7. The number of carbonyl (C=O) groups excluding carboxylic acids is 4. The van der Waals surface area contributed by atoms with Crippen molar-refractivity contribution in [1.29, 1.82) is 0 Å². The highest BCUT2D eigenvalue weighted by molar-refractivity contribution is 6.11. The van der Waals surface area contributed by atoms with E-state index in [0.717, 1.165) is 9.80 Å². The van der Waals surface area contributed by atoms with Crippen molar-refractivity contribution in [2.45, 2.75) is 12.8 Å². The summed E-state index contributed by atoms with van der Waals surface area (Å²) in [4.78, 5) is 74.8. The van der Waals surface area contributed by atoms with Crippen molar-refractivity contribution in [2.24, 2.45) is 35.5 Å². The minimum absolute atomic E-state index is 0.235. The van der Waals surface area contributed by atoms with Gasteiger partial charge in [-0.25, -0.2) is 0 Å². The minimum atomic E-state index is -1.13. The molecular weight excluding hydrogens is 372 g/mol. The summed E-state index contributed by atoms with van der Waals surface area (Å²) in [7, 11) is 0. The fourth-order valence-electron chi connectivity index (χ4n) is 5.21. The van der Waals surface area contributed by atoms with Gasteiger partial charge < -0.3 is 10.2 Å². The van der Waals surface area contributed by atoms with Gasteiger partial charge in [0.05, 0.1) is 36.5 Å². The first kappa shape index (κ1) is 18.3. The lowest BCUT2D eigenvalue weighted by Gasteiger charge is -2.44. The van der Waals surface area contributed by atoms with Crippen LogP contribution in [0.1, 0.15) is 12.8 Å². The summed E-state index contributed by atoms with van der Waals surface area (Å²) in [5.74, 6) is -8.66. The summed E-state index contributed by atoms with van der Waals surface area (Å²) in [5.41, 5.74) is 0. The maximum absolute atomic E-state index is 12.8. The largest absolute Gasteiger partial charge is 0.481 e. The van der Waals surface area contributed by atoms with Crippen LogP contribution >= 0.6 is 0 Å². The molecule has 0 aromatic rings. The van der Waals surface area contributed by atoms with Gasteiger partial charge in [0.25, 0.3) is 0 Å². The van der Waals surface area contributed by atoms with Crippen LogP contribution in [-0.4, -0.2) is 68.7 Å². The second kappa shape index (κ2) is 6.25. The lowest BCUT2D eigenvalue weighted by molar-refractivity contribution is -0.143. The summed E-state index contributed by atoms with van der Waals surface area (Å²) in [6.45, 7) is -0.469. The van der Waals surface area contributed by atoms with Crippen LogP contribution in [0.4, 0.5) is 0 Å². The van der Waals surface area contributed by atoms with Gasteiger partial charge in [0.1, 0.15) is 0 Å². The SMILES string of the molecule is O=C(O)CCN1C(=O)[C@@H]2C3C=CC([C@@H]2C1=O)[C@@H]1C(=O)N(CCC(=O)O)C(=O)[C@@H]31. The van der Waals surface area contributed by atoms with E-state index in [4.69, 9.17) is 10.2 Å². The molecule has 0 aromatic heterocycles. The van der Waals surface area contributed by atoms with Crippen molar-refractivity contribution in [3.63, 3.8) is 0 Å². The highest BCUT2D eigenvalue weighted by Gasteiger charge is 2.68. The first-order valence-corrected chi connectivity index (χ1v) is 9.06. The molecule has 5 rings (SSSR count). The van der Waals surface area contributed by atoms with Crippen molar-refractivity contribution < 1.29 is 39.0 Å². The number of imide groups is 2. The first-order chi connectivity index (χ1) is 13.2. The molecule has 1 saturated carbocycles. The maximum Gasteiger partial charge on any atom is 0.305 e. The molecule has 0 spiro atoms. The molecule has 2 heterocycles. The summed E-state index contributed by atoms with van der Waals surface area (Å²) >= 11 is 0. The van der Waals surface area contributed by atoms with Crippen LogP contribution in [-0.2, 0) is 28.8 Å². The number of nitrogens with zero attached hydrogens (tertiary/aromatic N) is 2. The summed E-state index contributed by atoms with van der Waals surface area (Å²) in [6, 6.07) is 0. The number of carboxylic acid groups (broad SMARTS) is 2. The molecule has 6 atom stereocenters. The van der Waals surface area contributed by atoms with E-state index in [1.807, 2.05) is 0 Å². The number of carboxylic acids is 2. The van der Waals surface area contributed by atoms with Gasteiger partial charge in [-0.1, -0.05) is 12.2 Å². The average Bonchev–Trinajstić information content (AvgIpc) is 3.06. The number of hydrogen-bond donors (Lipinski definition) is 2. The molecule has 10 nitrogen and oxygen atoms in total. The van der Waals surface area contributed by atoms with E-state index in [-0.39, 0.29) is 25.9 Å². The molecule has 0 aromatic carbocycles. The predicted molar refractivity (Wildman–Crippen MR) is 88.0 cm³/mol. The molecule has 28 heavy (non-hydrogen) atoms. The third-order valence-electron chi connectivity index (χ3n) is 6.29. The number of rotatable bonds is 6. The molecule has 2 saturated heterocycles. The Morgan fingerprint density at radius 2 is 0.964 bits per heavy atom.